The van der Waals surface area contributed by atoms with Crippen LogP contribution in [0.25, 0.3) is 0 Å². The van der Waals surface area contributed by atoms with Crippen molar-refractivity contribution in [2.24, 2.45) is 0 Å². The molecule has 5 heteroatoms. The Labute approximate surface area is 67.0 Å². The molecule has 1 rings (SSSR count). The Hall–Kier alpha value is -1.26. The summed E-state index contributed by atoms with van der Waals surface area (Å²) in [6.07, 6.45) is -3.35. The molecule has 0 fully saturated rings. The molecular formula is C7H5F3NO. The lowest BCUT2D eigenvalue weighted by Crippen LogP contribution is -2.05. The highest BCUT2D eigenvalue weighted by Crippen LogP contribution is 2.30. The van der Waals surface area contributed by atoms with Gasteiger partial charge >= 0.3 is 6.18 Å². The summed E-state index contributed by atoms with van der Waals surface area (Å²) in [4.78, 5) is 3.49. The molecule has 0 bridgehead atoms. The highest BCUT2D eigenvalue weighted by molar-refractivity contribution is 5.22. The Morgan fingerprint density at radius 3 is 2.58 bits per heavy atom. The molecule has 1 aromatic heterocycles. The lowest BCUT2D eigenvalue weighted by molar-refractivity contribution is -0.137. The minimum atomic E-state index is -4.36. The standard InChI is InChI=1S/C7H5F3NO/c1-12-6-4-5(2-3-11-6)7(8,9)10/h2-4H,1H2. The molecule has 0 aromatic carbocycles. The summed E-state index contributed by atoms with van der Waals surface area (Å²) in [6.45, 7) is 0. The number of alkyl halides is 3. The van der Waals surface area contributed by atoms with Crippen LogP contribution in [0.15, 0.2) is 18.3 Å². The normalized spacial score (nSPS) is 11.3. The second-order valence-corrected chi connectivity index (χ2v) is 2.02. The molecule has 0 amide bonds. The number of ether oxygens (including phenoxy) is 1. The van der Waals surface area contributed by atoms with Gasteiger partial charge in [0, 0.05) is 12.3 Å². The van der Waals surface area contributed by atoms with Gasteiger partial charge in [0.05, 0.1) is 5.56 Å². The van der Waals surface area contributed by atoms with Crippen molar-refractivity contribution >= 4 is 0 Å². The Kier molecular flexibility index (Phi) is 2.21. The van der Waals surface area contributed by atoms with Gasteiger partial charge in [0.1, 0.15) is 7.11 Å². The Bertz CT molecular complexity index is 272. The maximum absolute atomic E-state index is 12.0. The first kappa shape index (κ1) is 8.83. The van der Waals surface area contributed by atoms with Gasteiger partial charge in [0.15, 0.2) is 0 Å². The predicted octanol–water partition coefficient (Wildman–Crippen LogP) is 2.27. The van der Waals surface area contributed by atoms with Crippen LogP contribution in [0.3, 0.4) is 0 Å². The average Bonchev–Trinajstić information content (AvgIpc) is 2.03. The third-order valence-electron chi connectivity index (χ3n) is 1.21. The van der Waals surface area contributed by atoms with E-state index in [1.54, 1.807) is 0 Å². The molecule has 0 unspecified atom stereocenters. The molecule has 0 saturated heterocycles. The fourth-order valence-electron chi connectivity index (χ4n) is 0.665. The van der Waals surface area contributed by atoms with Gasteiger partial charge in [-0.2, -0.15) is 13.2 Å². The van der Waals surface area contributed by atoms with E-state index in [4.69, 9.17) is 0 Å². The average molecular weight is 176 g/mol. The van der Waals surface area contributed by atoms with E-state index >= 15 is 0 Å². The summed E-state index contributed by atoms with van der Waals surface area (Å²) in [5.41, 5.74) is -0.795. The van der Waals surface area contributed by atoms with Gasteiger partial charge in [-0.15, -0.1) is 0 Å². The molecule has 2 nitrogen and oxygen atoms in total. The summed E-state index contributed by atoms with van der Waals surface area (Å²) < 4.78 is 40.3. The molecule has 1 heterocycles. The van der Waals surface area contributed by atoms with Crippen molar-refractivity contribution in [3.05, 3.63) is 31.0 Å². The van der Waals surface area contributed by atoms with E-state index in [9.17, 15) is 13.2 Å². The van der Waals surface area contributed by atoms with E-state index < -0.39 is 11.7 Å². The minimum absolute atomic E-state index is 0.148. The molecule has 0 spiro atoms. The first-order chi connectivity index (χ1) is 5.54. The first-order valence-electron chi connectivity index (χ1n) is 2.99. The van der Waals surface area contributed by atoms with Gasteiger partial charge in [-0.25, -0.2) is 4.98 Å². The Morgan fingerprint density at radius 1 is 1.42 bits per heavy atom. The fourth-order valence-corrected chi connectivity index (χ4v) is 0.665. The van der Waals surface area contributed by atoms with E-state index in [-0.39, 0.29) is 5.88 Å². The predicted molar refractivity (Wildman–Crippen MR) is 35.2 cm³/mol. The number of aromatic nitrogens is 1. The number of rotatable bonds is 1. The third kappa shape index (κ3) is 1.87. The van der Waals surface area contributed by atoms with Crippen LogP contribution in [0.4, 0.5) is 13.2 Å². The van der Waals surface area contributed by atoms with Gasteiger partial charge in [-0.05, 0) is 6.07 Å². The fraction of sp³-hybridized carbons (Fsp3) is 0.143. The van der Waals surface area contributed by atoms with Crippen molar-refractivity contribution in [1.82, 2.24) is 4.98 Å². The lowest BCUT2D eigenvalue weighted by Gasteiger charge is -2.06. The van der Waals surface area contributed by atoms with Crippen LogP contribution < -0.4 is 4.74 Å². The largest absolute Gasteiger partial charge is 0.474 e. The molecule has 0 N–H and O–H groups in total. The molecule has 1 radical (unpaired) electrons. The highest BCUT2D eigenvalue weighted by atomic mass is 19.4. The monoisotopic (exact) mass is 176 g/mol. The molecule has 12 heavy (non-hydrogen) atoms. The van der Waals surface area contributed by atoms with E-state index in [1.807, 2.05) is 0 Å². The van der Waals surface area contributed by atoms with Gasteiger partial charge in [0.2, 0.25) is 5.88 Å². The Morgan fingerprint density at radius 2 is 2.08 bits per heavy atom. The van der Waals surface area contributed by atoms with E-state index in [0.717, 1.165) is 18.3 Å². The zero-order chi connectivity index (χ0) is 9.19. The molecule has 0 saturated carbocycles. The van der Waals surface area contributed by atoms with Crippen LogP contribution in [0.1, 0.15) is 5.56 Å². The maximum atomic E-state index is 12.0. The summed E-state index contributed by atoms with van der Waals surface area (Å²) in [6, 6.07) is 1.65. The van der Waals surface area contributed by atoms with Crippen LogP contribution in [0, 0.1) is 7.11 Å². The number of nitrogens with zero attached hydrogens (tertiary/aromatic N) is 1. The van der Waals surface area contributed by atoms with Gasteiger partial charge in [0.25, 0.3) is 0 Å². The second kappa shape index (κ2) is 3.00. The quantitative estimate of drug-likeness (QED) is 0.654. The SMILES string of the molecule is [CH2]Oc1cc(C(F)(F)F)ccn1. The maximum Gasteiger partial charge on any atom is 0.416 e. The molecule has 65 valence electrons. The van der Waals surface area contributed by atoms with Crippen LogP contribution in [-0.4, -0.2) is 4.98 Å². The van der Waals surface area contributed by atoms with Crippen molar-refractivity contribution in [1.29, 1.82) is 0 Å². The molecule has 0 aliphatic heterocycles. The Balaban J connectivity index is 3.02. The summed E-state index contributed by atoms with van der Waals surface area (Å²) in [7, 11) is 2.95. The van der Waals surface area contributed by atoms with Crippen molar-refractivity contribution in [3.8, 4) is 5.88 Å². The van der Waals surface area contributed by atoms with E-state index in [0.29, 0.717) is 0 Å². The van der Waals surface area contributed by atoms with Gasteiger partial charge < -0.3 is 4.74 Å². The molecule has 0 atom stereocenters. The molecule has 0 aliphatic carbocycles. The first-order valence-corrected chi connectivity index (χ1v) is 2.99. The number of hydrogen-bond donors (Lipinski definition) is 0. The van der Waals surface area contributed by atoms with E-state index in [2.05, 4.69) is 16.8 Å². The third-order valence-corrected chi connectivity index (χ3v) is 1.21. The van der Waals surface area contributed by atoms with Crippen molar-refractivity contribution in [2.45, 2.75) is 6.18 Å². The van der Waals surface area contributed by atoms with E-state index in [1.165, 1.54) is 0 Å². The summed E-state index contributed by atoms with van der Waals surface area (Å²) >= 11 is 0. The van der Waals surface area contributed by atoms with Crippen molar-refractivity contribution < 1.29 is 17.9 Å². The van der Waals surface area contributed by atoms with Gasteiger partial charge in [-0.3, -0.25) is 0 Å². The zero-order valence-electron chi connectivity index (χ0n) is 5.93. The van der Waals surface area contributed by atoms with Crippen LogP contribution in [0.5, 0.6) is 5.88 Å². The smallest absolute Gasteiger partial charge is 0.416 e. The minimum Gasteiger partial charge on any atom is -0.474 e. The second-order valence-electron chi connectivity index (χ2n) is 2.02. The number of pyridine rings is 1. The number of hydrogen-bond acceptors (Lipinski definition) is 2. The van der Waals surface area contributed by atoms with Gasteiger partial charge in [-0.1, -0.05) is 0 Å². The molecule has 1 aromatic rings. The van der Waals surface area contributed by atoms with Crippen molar-refractivity contribution in [2.75, 3.05) is 0 Å². The molecular weight excluding hydrogens is 171 g/mol. The van der Waals surface area contributed by atoms with Crippen molar-refractivity contribution in [3.63, 3.8) is 0 Å². The topological polar surface area (TPSA) is 22.1 Å². The highest BCUT2D eigenvalue weighted by Gasteiger charge is 2.30. The molecule has 0 aliphatic rings. The van der Waals surface area contributed by atoms with Crippen LogP contribution in [-0.2, 0) is 6.18 Å². The lowest BCUT2D eigenvalue weighted by atomic mass is 10.2. The van der Waals surface area contributed by atoms with Crippen LogP contribution in [0.2, 0.25) is 0 Å². The zero-order valence-corrected chi connectivity index (χ0v) is 5.93. The number of halogens is 3. The summed E-state index contributed by atoms with van der Waals surface area (Å²) in [5.74, 6) is -0.148. The van der Waals surface area contributed by atoms with Crippen LogP contribution >= 0.6 is 0 Å². The summed E-state index contributed by atoms with van der Waals surface area (Å²) in [5, 5.41) is 0.